The summed E-state index contributed by atoms with van der Waals surface area (Å²) in [5.41, 5.74) is 1.69. The third kappa shape index (κ3) is 4.69. The Balaban J connectivity index is 1.20. The monoisotopic (exact) mass is 585 g/mol. The molecule has 3 atom stereocenters. The summed E-state index contributed by atoms with van der Waals surface area (Å²) in [5, 5.41) is 5.52. The van der Waals surface area contributed by atoms with Crippen LogP contribution in [-0.4, -0.2) is 82.9 Å². The highest BCUT2D eigenvalue weighted by atomic mass is 16.5. The minimum atomic E-state index is -0.634. The molecule has 1 aromatic carbocycles. The molecule has 1 saturated carbocycles. The van der Waals surface area contributed by atoms with Crippen LogP contribution in [0.4, 0.5) is 22.2 Å². The van der Waals surface area contributed by atoms with Crippen molar-refractivity contribution < 1.29 is 23.8 Å². The lowest BCUT2D eigenvalue weighted by molar-refractivity contribution is -0.279. The van der Waals surface area contributed by atoms with Gasteiger partial charge in [0.15, 0.2) is 0 Å². The Labute approximate surface area is 249 Å². The molecule has 2 N–H and O–H groups in total. The highest BCUT2D eigenvalue weighted by Crippen LogP contribution is 2.59. The molecule has 4 aliphatic rings. The van der Waals surface area contributed by atoms with Crippen molar-refractivity contribution in [2.75, 3.05) is 48.8 Å². The quantitative estimate of drug-likeness (QED) is 0.437. The first-order chi connectivity index (χ1) is 20.7. The van der Waals surface area contributed by atoms with Gasteiger partial charge >= 0.3 is 6.03 Å². The molecule has 1 spiro atoms. The number of pyridine rings is 1. The Kier molecular flexibility index (Phi) is 6.42. The fraction of sp³-hybridized carbons (Fsp3) is 0.452. The Morgan fingerprint density at radius 3 is 2.53 bits per heavy atom. The second-order valence-corrected chi connectivity index (χ2v) is 12.2. The maximum Gasteiger partial charge on any atom is 0.324 e. The molecular weight excluding hydrogens is 550 g/mol. The van der Waals surface area contributed by atoms with Crippen LogP contribution in [0.5, 0.6) is 11.6 Å². The number of rotatable bonds is 6. The van der Waals surface area contributed by atoms with Gasteiger partial charge in [-0.2, -0.15) is 4.98 Å². The second-order valence-electron chi connectivity index (χ2n) is 12.2. The first-order valence-electron chi connectivity index (χ1n) is 14.7. The van der Waals surface area contributed by atoms with Crippen LogP contribution in [0.1, 0.15) is 44.0 Å². The van der Waals surface area contributed by atoms with E-state index in [0.29, 0.717) is 71.6 Å². The predicted octanol–water partition coefficient (Wildman–Crippen LogP) is 4.19. The van der Waals surface area contributed by atoms with E-state index in [0.717, 1.165) is 19.4 Å². The molecule has 12 heteroatoms. The largest absolute Gasteiger partial charge is 0.495 e. The van der Waals surface area contributed by atoms with Gasteiger partial charge in [-0.15, -0.1) is 0 Å². The molecule has 3 amide bonds. The summed E-state index contributed by atoms with van der Waals surface area (Å²) in [6.07, 6.45) is 4.31. The van der Waals surface area contributed by atoms with Crippen molar-refractivity contribution in [2.45, 2.75) is 51.4 Å². The lowest BCUT2D eigenvalue weighted by Gasteiger charge is -2.59. The van der Waals surface area contributed by atoms with Crippen molar-refractivity contribution in [3.05, 3.63) is 48.2 Å². The number of amides is 3. The molecule has 5 heterocycles. The number of fused-ring (bicyclic) bond motifs is 1. The standard InChI is InChI=1S/C31H35N7O5/c1-5-37-16-30(2,3)43-26-24(27(37)39)25(35-28(36-26)38-15-22-31(17-38)13-12-21(31)42-22)18-6-8-19(9-7-18)33-29(40)34-23-11-10-20(41-4)14-32-23/h6-11,14,21-22H,5,12-13,15-17H2,1-4H3,(H2,32,33,34,40). The van der Waals surface area contributed by atoms with Crippen molar-refractivity contribution in [1.29, 1.82) is 0 Å². The summed E-state index contributed by atoms with van der Waals surface area (Å²) in [6, 6.07) is 10.2. The third-order valence-corrected chi connectivity index (χ3v) is 8.96. The smallest absolute Gasteiger partial charge is 0.324 e. The van der Waals surface area contributed by atoms with Crippen LogP contribution in [0.25, 0.3) is 11.3 Å². The van der Waals surface area contributed by atoms with Gasteiger partial charge in [0.25, 0.3) is 5.91 Å². The number of carbonyl (C=O) groups excluding carboxylic acids is 2. The Bertz CT molecular complexity index is 1580. The molecular formula is C31H35N7O5. The normalized spacial score (nSPS) is 24.8. The molecule has 7 rings (SSSR count). The van der Waals surface area contributed by atoms with Gasteiger partial charge in [0.1, 0.15) is 22.7 Å². The topological polar surface area (TPSA) is 131 Å². The zero-order valence-corrected chi connectivity index (χ0v) is 24.7. The van der Waals surface area contributed by atoms with E-state index in [-0.39, 0.29) is 17.4 Å². The minimum absolute atomic E-state index is 0.166. The number of likely N-dealkylation sites (N-methyl/N-ethyl adjacent to an activating group) is 1. The van der Waals surface area contributed by atoms with E-state index in [1.165, 1.54) is 6.20 Å². The van der Waals surface area contributed by atoms with Crippen LogP contribution >= 0.6 is 0 Å². The molecule has 2 aromatic heterocycles. The van der Waals surface area contributed by atoms with Crippen LogP contribution in [0.2, 0.25) is 0 Å². The van der Waals surface area contributed by atoms with E-state index >= 15 is 0 Å². The lowest BCUT2D eigenvalue weighted by atomic mass is 9.60. The molecule has 1 aliphatic carbocycles. The van der Waals surface area contributed by atoms with E-state index < -0.39 is 11.6 Å². The van der Waals surface area contributed by atoms with Crippen LogP contribution in [-0.2, 0) is 4.74 Å². The van der Waals surface area contributed by atoms with Gasteiger partial charge in [-0.25, -0.2) is 14.8 Å². The average molecular weight is 586 g/mol. The highest BCUT2D eigenvalue weighted by molar-refractivity contribution is 6.03. The molecule has 12 nitrogen and oxygen atoms in total. The van der Waals surface area contributed by atoms with Crippen LogP contribution in [0, 0.1) is 5.41 Å². The van der Waals surface area contributed by atoms with Crippen LogP contribution in [0.3, 0.4) is 0 Å². The molecule has 3 unspecified atom stereocenters. The minimum Gasteiger partial charge on any atom is -0.495 e. The SMILES string of the molecule is CCN1CC(C)(C)Oc2nc(N3CC4OC5CCC54C3)nc(-c3ccc(NC(=O)Nc4ccc(OC)cn4)cc3)c2C1=O. The van der Waals surface area contributed by atoms with E-state index in [4.69, 9.17) is 24.2 Å². The van der Waals surface area contributed by atoms with Gasteiger partial charge in [0.2, 0.25) is 11.8 Å². The van der Waals surface area contributed by atoms with Crippen molar-refractivity contribution >= 4 is 29.4 Å². The number of ether oxygens (including phenoxy) is 3. The lowest BCUT2D eigenvalue weighted by Crippen LogP contribution is -2.65. The summed E-state index contributed by atoms with van der Waals surface area (Å²) >= 11 is 0. The number of hydrogen-bond acceptors (Lipinski definition) is 9. The number of nitrogens with one attached hydrogen (secondary N) is 2. The fourth-order valence-corrected chi connectivity index (χ4v) is 6.60. The van der Waals surface area contributed by atoms with E-state index in [1.807, 2.05) is 32.9 Å². The van der Waals surface area contributed by atoms with E-state index in [9.17, 15) is 9.59 Å². The maximum absolute atomic E-state index is 13.9. The average Bonchev–Trinajstić information content (AvgIpc) is 3.31. The molecule has 3 aliphatic heterocycles. The molecule has 0 radical (unpaired) electrons. The molecule has 43 heavy (non-hydrogen) atoms. The second kappa shape index (κ2) is 10.1. The van der Waals surface area contributed by atoms with Crippen LogP contribution in [0.15, 0.2) is 42.6 Å². The number of carbonyl (C=O) groups is 2. The van der Waals surface area contributed by atoms with E-state index in [2.05, 4.69) is 20.5 Å². The fourth-order valence-electron chi connectivity index (χ4n) is 6.60. The summed E-state index contributed by atoms with van der Waals surface area (Å²) in [4.78, 5) is 44.4. The number of hydrogen-bond donors (Lipinski definition) is 2. The summed E-state index contributed by atoms with van der Waals surface area (Å²) in [7, 11) is 1.55. The summed E-state index contributed by atoms with van der Waals surface area (Å²) in [6.45, 7) is 8.40. The first kappa shape index (κ1) is 27.4. The number of urea groups is 1. The van der Waals surface area contributed by atoms with Crippen molar-refractivity contribution in [2.24, 2.45) is 5.41 Å². The van der Waals surface area contributed by atoms with E-state index in [1.54, 1.807) is 36.3 Å². The zero-order chi connectivity index (χ0) is 29.9. The van der Waals surface area contributed by atoms with Crippen molar-refractivity contribution in [3.8, 4) is 22.9 Å². The summed E-state index contributed by atoms with van der Waals surface area (Å²) in [5.74, 6) is 1.65. The molecule has 224 valence electrons. The number of anilines is 3. The highest BCUT2D eigenvalue weighted by Gasteiger charge is 2.66. The number of aromatic nitrogens is 3. The predicted molar refractivity (Wildman–Crippen MR) is 160 cm³/mol. The van der Waals surface area contributed by atoms with Crippen LogP contribution < -0.4 is 25.0 Å². The van der Waals surface area contributed by atoms with Crippen molar-refractivity contribution in [3.63, 3.8) is 0 Å². The molecule has 3 aromatic rings. The maximum atomic E-state index is 13.9. The summed E-state index contributed by atoms with van der Waals surface area (Å²) < 4.78 is 17.6. The first-order valence-corrected chi connectivity index (χ1v) is 14.7. The number of methoxy groups -OCH3 is 1. The Hall–Kier alpha value is -4.45. The Morgan fingerprint density at radius 1 is 1.09 bits per heavy atom. The molecule has 2 saturated heterocycles. The third-order valence-electron chi connectivity index (χ3n) is 8.96. The van der Waals surface area contributed by atoms with Gasteiger partial charge in [-0.1, -0.05) is 12.1 Å². The molecule has 0 bridgehead atoms. The van der Waals surface area contributed by atoms with Gasteiger partial charge < -0.3 is 29.3 Å². The zero-order valence-electron chi connectivity index (χ0n) is 24.7. The van der Waals surface area contributed by atoms with Gasteiger partial charge in [-0.05, 0) is 57.9 Å². The van der Waals surface area contributed by atoms with Gasteiger partial charge in [-0.3, -0.25) is 10.1 Å². The number of nitrogens with zero attached hydrogens (tertiary/aromatic N) is 5. The Morgan fingerprint density at radius 2 is 1.91 bits per heavy atom. The van der Waals surface area contributed by atoms with Gasteiger partial charge in [0.05, 0.1) is 37.8 Å². The number of benzene rings is 1. The van der Waals surface area contributed by atoms with Gasteiger partial charge in [0, 0.05) is 36.3 Å². The van der Waals surface area contributed by atoms with Crippen molar-refractivity contribution in [1.82, 2.24) is 19.9 Å². The molecule has 3 fully saturated rings.